The van der Waals surface area contributed by atoms with E-state index >= 15 is 0 Å². The molecule has 2 aliphatic rings. The second kappa shape index (κ2) is 9.90. The first kappa shape index (κ1) is 18.4. The Kier molecular flexibility index (Phi) is 7.27. The Morgan fingerprint density at radius 1 is 1.08 bits per heavy atom. The monoisotopic (exact) mass is 345 g/mol. The van der Waals surface area contributed by atoms with E-state index in [4.69, 9.17) is 4.74 Å². The van der Waals surface area contributed by atoms with Crippen LogP contribution in [-0.4, -0.2) is 74.2 Å². The van der Waals surface area contributed by atoms with Crippen molar-refractivity contribution in [1.82, 2.24) is 15.1 Å². The van der Waals surface area contributed by atoms with E-state index < -0.39 is 0 Å². The molecule has 1 aromatic rings. The number of nitrogens with one attached hydrogen (secondary N) is 1. The average Bonchev–Trinajstić information content (AvgIpc) is 2.68. The number of carbonyl (C=O) groups excluding carboxylic acids is 1. The van der Waals surface area contributed by atoms with Gasteiger partial charge < -0.3 is 19.9 Å². The second-order valence-corrected chi connectivity index (χ2v) is 7.03. The van der Waals surface area contributed by atoms with Crippen molar-refractivity contribution in [3.05, 3.63) is 35.9 Å². The van der Waals surface area contributed by atoms with Gasteiger partial charge in [-0.1, -0.05) is 30.3 Å². The third-order valence-corrected chi connectivity index (χ3v) is 5.23. The van der Waals surface area contributed by atoms with Gasteiger partial charge in [-0.3, -0.25) is 4.79 Å². The number of likely N-dealkylation sites (tertiary alicyclic amines) is 1. The number of benzene rings is 1. The quantitative estimate of drug-likeness (QED) is 0.814. The lowest BCUT2D eigenvalue weighted by Gasteiger charge is -2.33. The van der Waals surface area contributed by atoms with Crippen LogP contribution in [0.15, 0.2) is 30.3 Å². The normalized spacial score (nSPS) is 19.9. The molecule has 2 aliphatic heterocycles. The molecule has 1 aromatic carbocycles. The van der Waals surface area contributed by atoms with Gasteiger partial charge in [0.1, 0.15) is 0 Å². The van der Waals surface area contributed by atoms with Crippen LogP contribution in [0.5, 0.6) is 0 Å². The van der Waals surface area contributed by atoms with Gasteiger partial charge >= 0.3 is 0 Å². The summed E-state index contributed by atoms with van der Waals surface area (Å²) in [6.07, 6.45) is 4.18. The van der Waals surface area contributed by atoms with Crippen molar-refractivity contribution in [2.75, 3.05) is 52.4 Å². The fourth-order valence-electron chi connectivity index (χ4n) is 3.61. The van der Waals surface area contributed by atoms with Crippen molar-refractivity contribution >= 4 is 5.91 Å². The molecule has 2 fully saturated rings. The van der Waals surface area contributed by atoms with Crippen molar-refractivity contribution in [2.45, 2.75) is 31.8 Å². The first-order valence-electron chi connectivity index (χ1n) is 9.67. The van der Waals surface area contributed by atoms with Crippen LogP contribution in [0.25, 0.3) is 0 Å². The molecule has 3 rings (SSSR count). The molecule has 0 bridgehead atoms. The van der Waals surface area contributed by atoms with E-state index in [-0.39, 0.29) is 0 Å². The molecule has 1 N–H and O–H groups in total. The summed E-state index contributed by atoms with van der Waals surface area (Å²) in [7, 11) is 0. The molecule has 5 heteroatoms. The van der Waals surface area contributed by atoms with Gasteiger partial charge in [-0.15, -0.1) is 0 Å². The van der Waals surface area contributed by atoms with Crippen molar-refractivity contribution < 1.29 is 9.53 Å². The number of carbonyl (C=O) groups is 1. The molecule has 0 radical (unpaired) electrons. The maximum absolute atomic E-state index is 12.2. The molecule has 25 heavy (non-hydrogen) atoms. The molecule has 0 atom stereocenters. The van der Waals surface area contributed by atoms with E-state index in [0.29, 0.717) is 18.4 Å². The molecule has 5 nitrogen and oxygen atoms in total. The van der Waals surface area contributed by atoms with Gasteiger partial charge in [0.15, 0.2) is 0 Å². The molecular formula is C20H31N3O2. The fourth-order valence-corrected chi connectivity index (χ4v) is 3.61. The lowest BCUT2D eigenvalue weighted by atomic mass is 10.1. The number of piperidine rings is 1. The summed E-state index contributed by atoms with van der Waals surface area (Å²) < 4.78 is 6.05. The minimum absolute atomic E-state index is 0.308. The lowest BCUT2D eigenvalue weighted by molar-refractivity contribution is -0.132. The van der Waals surface area contributed by atoms with Crippen LogP contribution in [0, 0.1) is 0 Å². The molecular weight excluding hydrogens is 314 g/mol. The van der Waals surface area contributed by atoms with Crippen molar-refractivity contribution in [1.29, 1.82) is 0 Å². The smallest absolute Gasteiger partial charge is 0.223 e. The van der Waals surface area contributed by atoms with Crippen LogP contribution in [0.1, 0.15) is 24.8 Å². The SMILES string of the molecule is O=C(CCN1CCC(OCCc2ccccc2)CC1)N1CCNCC1. The highest BCUT2D eigenvalue weighted by Crippen LogP contribution is 2.15. The molecule has 0 unspecified atom stereocenters. The number of nitrogens with zero attached hydrogens (tertiary/aromatic N) is 2. The maximum Gasteiger partial charge on any atom is 0.223 e. The first-order valence-corrected chi connectivity index (χ1v) is 9.67. The minimum Gasteiger partial charge on any atom is -0.378 e. The van der Waals surface area contributed by atoms with Gasteiger partial charge in [-0.05, 0) is 24.8 Å². The summed E-state index contributed by atoms with van der Waals surface area (Å²) in [5.41, 5.74) is 1.34. The van der Waals surface area contributed by atoms with Gasteiger partial charge in [0, 0.05) is 52.2 Å². The van der Waals surface area contributed by atoms with Gasteiger partial charge in [0.2, 0.25) is 5.91 Å². The molecule has 2 saturated heterocycles. The summed E-state index contributed by atoms with van der Waals surface area (Å²) in [4.78, 5) is 16.6. The predicted molar refractivity (Wildman–Crippen MR) is 99.6 cm³/mol. The standard InChI is InChI=1S/C20H31N3O2/c24-20(23-15-10-21-11-16-23)8-14-22-12-6-19(7-13-22)25-17-9-18-4-2-1-3-5-18/h1-5,19,21H,6-17H2. The number of hydrogen-bond donors (Lipinski definition) is 1. The Morgan fingerprint density at radius 3 is 2.52 bits per heavy atom. The van der Waals surface area contributed by atoms with Crippen molar-refractivity contribution in [2.24, 2.45) is 0 Å². The van der Waals surface area contributed by atoms with Crippen LogP contribution in [0.3, 0.4) is 0 Å². The Hall–Kier alpha value is -1.43. The summed E-state index contributed by atoms with van der Waals surface area (Å²) in [5.74, 6) is 0.308. The average molecular weight is 345 g/mol. The summed E-state index contributed by atoms with van der Waals surface area (Å²) in [6.45, 7) is 7.35. The third kappa shape index (κ3) is 6.10. The Balaban J connectivity index is 1.27. The molecule has 0 saturated carbocycles. The van der Waals surface area contributed by atoms with Crippen molar-refractivity contribution in [3.63, 3.8) is 0 Å². The Morgan fingerprint density at radius 2 is 1.80 bits per heavy atom. The molecule has 1 amide bonds. The summed E-state index contributed by atoms with van der Waals surface area (Å²) >= 11 is 0. The van der Waals surface area contributed by atoms with Crippen molar-refractivity contribution in [3.8, 4) is 0 Å². The topological polar surface area (TPSA) is 44.8 Å². The van der Waals surface area contributed by atoms with E-state index in [2.05, 4.69) is 34.5 Å². The minimum atomic E-state index is 0.308. The van der Waals surface area contributed by atoms with Crippen LogP contribution in [0.4, 0.5) is 0 Å². The van der Waals surface area contributed by atoms with Gasteiger partial charge in [-0.2, -0.15) is 0 Å². The number of piperazine rings is 1. The van der Waals surface area contributed by atoms with E-state index in [1.54, 1.807) is 0 Å². The Bertz CT molecular complexity index is 509. The first-order chi connectivity index (χ1) is 12.3. The van der Waals surface area contributed by atoms with Crippen LogP contribution in [-0.2, 0) is 16.0 Å². The van der Waals surface area contributed by atoms with E-state index in [9.17, 15) is 4.79 Å². The van der Waals surface area contributed by atoms with E-state index in [0.717, 1.165) is 71.7 Å². The van der Waals surface area contributed by atoms with E-state index in [1.165, 1.54) is 5.56 Å². The summed E-state index contributed by atoms with van der Waals surface area (Å²) in [5, 5.41) is 3.29. The zero-order valence-corrected chi connectivity index (χ0v) is 15.2. The fraction of sp³-hybridized carbons (Fsp3) is 0.650. The van der Waals surface area contributed by atoms with Crippen LogP contribution < -0.4 is 5.32 Å². The third-order valence-electron chi connectivity index (χ3n) is 5.23. The number of hydrogen-bond acceptors (Lipinski definition) is 4. The predicted octanol–water partition coefficient (Wildman–Crippen LogP) is 1.53. The van der Waals surface area contributed by atoms with Gasteiger partial charge in [0.25, 0.3) is 0 Å². The highest BCUT2D eigenvalue weighted by Gasteiger charge is 2.21. The maximum atomic E-state index is 12.2. The van der Waals surface area contributed by atoms with Crippen LogP contribution in [0.2, 0.25) is 0 Å². The van der Waals surface area contributed by atoms with Gasteiger partial charge in [-0.25, -0.2) is 0 Å². The van der Waals surface area contributed by atoms with E-state index in [1.807, 2.05) is 11.0 Å². The largest absolute Gasteiger partial charge is 0.378 e. The highest BCUT2D eigenvalue weighted by molar-refractivity contribution is 5.76. The summed E-state index contributed by atoms with van der Waals surface area (Å²) in [6, 6.07) is 10.5. The number of amides is 1. The number of ether oxygens (including phenoxy) is 1. The molecule has 0 spiro atoms. The number of rotatable bonds is 7. The molecule has 2 heterocycles. The zero-order valence-electron chi connectivity index (χ0n) is 15.2. The lowest BCUT2D eigenvalue weighted by Crippen LogP contribution is -2.47. The zero-order chi connectivity index (χ0) is 17.3. The van der Waals surface area contributed by atoms with Crippen LogP contribution >= 0.6 is 0 Å². The molecule has 138 valence electrons. The Labute approximate surface area is 151 Å². The van der Waals surface area contributed by atoms with Gasteiger partial charge in [0.05, 0.1) is 12.7 Å². The second-order valence-electron chi connectivity index (χ2n) is 7.03. The molecule has 0 aliphatic carbocycles. The molecule has 0 aromatic heterocycles. The highest BCUT2D eigenvalue weighted by atomic mass is 16.5.